The highest BCUT2D eigenvalue weighted by atomic mass is 32.2. The fourth-order valence-electron chi connectivity index (χ4n) is 2.42. The maximum atomic E-state index is 12.5. The Kier molecular flexibility index (Phi) is 4.28. The third-order valence-electron chi connectivity index (χ3n) is 3.61. The highest BCUT2D eigenvalue weighted by Crippen LogP contribution is 2.33. The number of aryl methyl sites for hydroxylation is 1. The lowest BCUT2D eigenvalue weighted by Gasteiger charge is -2.14. The van der Waals surface area contributed by atoms with Crippen molar-refractivity contribution in [2.45, 2.75) is 16.7 Å². The molecular formula is C17H13O6S2-. The van der Waals surface area contributed by atoms with E-state index < -0.39 is 25.1 Å². The van der Waals surface area contributed by atoms with Crippen LogP contribution in [0.5, 0.6) is 5.75 Å². The van der Waals surface area contributed by atoms with Crippen molar-refractivity contribution in [2.24, 2.45) is 0 Å². The Morgan fingerprint density at radius 1 is 0.840 bits per heavy atom. The molecule has 0 heterocycles. The van der Waals surface area contributed by atoms with E-state index >= 15 is 0 Å². The van der Waals surface area contributed by atoms with Gasteiger partial charge in [-0.2, -0.15) is 8.42 Å². The van der Waals surface area contributed by atoms with Gasteiger partial charge in [-0.15, -0.1) is 0 Å². The van der Waals surface area contributed by atoms with Crippen molar-refractivity contribution in [3.63, 3.8) is 0 Å². The number of hydrogen-bond donors (Lipinski definition) is 0. The van der Waals surface area contributed by atoms with E-state index in [1.54, 1.807) is 24.3 Å². The van der Waals surface area contributed by atoms with Crippen LogP contribution in [0.25, 0.3) is 10.8 Å². The van der Waals surface area contributed by atoms with Gasteiger partial charge in [0.25, 0.3) is 0 Å². The summed E-state index contributed by atoms with van der Waals surface area (Å²) in [6.45, 7) is 1.81. The van der Waals surface area contributed by atoms with Crippen molar-refractivity contribution in [3.05, 3.63) is 66.2 Å². The van der Waals surface area contributed by atoms with Crippen LogP contribution in [-0.2, 0) is 20.2 Å². The van der Waals surface area contributed by atoms with Crippen LogP contribution >= 0.6 is 0 Å². The number of benzene rings is 3. The van der Waals surface area contributed by atoms with E-state index in [4.69, 9.17) is 4.18 Å². The largest absolute Gasteiger partial charge is 0.744 e. The Bertz CT molecular complexity index is 1140. The molecule has 0 atom stereocenters. The molecule has 25 heavy (non-hydrogen) atoms. The molecular weight excluding hydrogens is 364 g/mol. The van der Waals surface area contributed by atoms with Crippen LogP contribution in [0.2, 0.25) is 0 Å². The molecule has 0 spiro atoms. The SMILES string of the molecule is Cc1ccc(S(=O)(=O)Oc2cccc3cccc(S(=O)(=O)[O-])c23)cc1. The quantitative estimate of drug-likeness (QED) is 0.512. The maximum absolute atomic E-state index is 12.5. The van der Waals surface area contributed by atoms with Gasteiger partial charge in [-0.1, -0.05) is 42.0 Å². The van der Waals surface area contributed by atoms with Crippen molar-refractivity contribution in [1.29, 1.82) is 0 Å². The average molecular weight is 377 g/mol. The average Bonchev–Trinajstić information content (AvgIpc) is 2.54. The van der Waals surface area contributed by atoms with Crippen LogP contribution in [0.1, 0.15) is 5.56 Å². The number of rotatable bonds is 4. The fourth-order valence-corrected chi connectivity index (χ4v) is 4.08. The van der Waals surface area contributed by atoms with Crippen LogP contribution in [0, 0.1) is 6.92 Å². The lowest BCUT2D eigenvalue weighted by atomic mass is 10.1. The van der Waals surface area contributed by atoms with Crippen LogP contribution in [0.3, 0.4) is 0 Å². The first-order valence-corrected chi connectivity index (χ1v) is 9.99. The van der Waals surface area contributed by atoms with Gasteiger partial charge in [-0.3, -0.25) is 0 Å². The van der Waals surface area contributed by atoms with Gasteiger partial charge in [0.15, 0.2) is 5.75 Å². The molecule has 0 unspecified atom stereocenters. The summed E-state index contributed by atoms with van der Waals surface area (Å²) < 4.78 is 64.6. The minimum atomic E-state index is -4.80. The molecule has 0 aromatic heterocycles. The summed E-state index contributed by atoms with van der Waals surface area (Å²) in [6.07, 6.45) is 0. The zero-order valence-corrected chi connectivity index (χ0v) is 14.7. The Labute approximate surface area is 145 Å². The normalized spacial score (nSPS) is 12.2. The van der Waals surface area contributed by atoms with Gasteiger partial charge < -0.3 is 8.74 Å². The Hall–Kier alpha value is -2.42. The molecule has 8 heteroatoms. The maximum Gasteiger partial charge on any atom is 0.339 e. The topological polar surface area (TPSA) is 101 Å². The van der Waals surface area contributed by atoms with Gasteiger partial charge in [-0.05, 0) is 36.6 Å². The third-order valence-corrected chi connectivity index (χ3v) is 5.73. The predicted molar refractivity (Wildman–Crippen MR) is 90.9 cm³/mol. The zero-order chi connectivity index (χ0) is 18.2. The van der Waals surface area contributed by atoms with E-state index in [1.165, 1.54) is 30.3 Å². The Morgan fingerprint density at radius 2 is 1.44 bits per heavy atom. The first kappa shape index (κ1) is 17.4. The molecule has 0 saturated carbocycles. The van der Waals surface area contributed by atoms with Crippen LogP contribution in [0.4, 0.5) is 0 Å². The molecule has 0 saturated heterocycles. The smallest absolute Gasteiger partial charge is 0.339 e. The summed E-state index contributed by atoms with van der Waals surface area (Å²) in [5.74, 6) is -0.215. The molecule has 0 N–H and O–H groups in total. The molecule has 0 aliphatic heterocycles. The van der Waals surface area contributed by atoms with Crippen LogP contribution < -0.4 is 4.18 Å². The third kappa shape index (κ3) is 3.51. The van der Waals surface area contributed by atoms with Gasteiger partial charge in [0.05, 0.1) is 4.90 Å². The monoisotopic (exact) mass is 377 g/mol. The molecule has 0 fully saturated rings. The van der Waals surface area contributed by atoms with Crippen LogP contribution in [0.15, 0.2) is 70.5 Å². The predicted octanol–water partition coefficient (Wildman–Crippen LogP) is 2.82. The zero-order valence-electron chi connectivity index (χ0n) is 13.0. The molecule has 3 aromatic carbocycles. The van der Waals surface area contributed by atoms with Gasteiger partial charge >= 0.3 is 10.1 Å². The minimum absolute atomic E-state index is 0.0595. The first-order chi connectivity index (χ1) is 11.7. The summed E-state index contributed by atoms with van der Waals surface area (Å²) in [4.78, 5) is -0.600. The molecule has 6 nitrogen and oxygen atoms in total. The lowest BCUT2D eigenvalue weighted by Crippen LogP contribution is -2.11. The standard InChI is InChI=1S/C17H14O6S2/c1-12-8-10-14(11-9-12)25(21,22)23-15-6-2-4-13-5-3-7-16(17(13)15)24(18,19)20/h2-11H,1H3,(H,18,19,20)/p-1. The van der Waals surface area contributed by atoms with Crippen molar-refractivity contribution in [3.8, 4) is 5.75 Å². The van der Waals surface area contributed by atoms with Crippen molar-refractivity contribution in [2.75, 3.05) is 0 Å². The first-order valence-electron chi connectivity index (χ1n) is 7.17. The van der Waals surface area contributed by atoms with Gasteiger partial charge in [0.1, 0.15) is 15.0 Å². The molecule has 130 valence electrons. The molecule has 0 amide bonds. The highest BCUT2D eigenvalue weighted by Gasteiger charge is 2.20. The minimum Gasteiger partial charge on any atom is -0.744 e. The summed E-state index contributed by atoms with van der Waals surface area (Å²) >= 11 is 0. The summed E-state index contributed by atoms with van der Waals surface area (Å²) in [7, 11) is -8.98. The van der Waals surface area contributed by atoms with Crippen LogP contribution in [-0.4, -0.2) is 21.4 Å². The molecule has 3 rings (SSSR count). The van der Waals surface area contributed by atoms with E-state index in [0.29, 0.717) is 5.39 Å². The summed E-state index contributed by atoms with van der Waals surface area (Å²) in [6, 6.07) is 14.5. The second kappa shape index (κ2) is 6.14. The van der Waals surface area contributed by atoms with E-state index in [2.05, 4.69) is 0 Å². The van der Waals surface area contributed by atoms with Crippen molar-refractivity contribution < 1.29 is 25.6 Å². The van der Waals surface area contributed by atoms with E-state index in [9.17, 15) is 21.4 Å². The molecule has 0 aliphatic carbocycles. The number of hydrogen-bond acceptors (Lipinski definition) is 6. The second-order valence-corrected chi connectivity index (χ2v) is 8.31. The molecule has 0 radical (unpaired) electrons. The molecule has 0 bridgehead atoms. The van der Waals surface area contributed by atoms with E-state index in [1.807, 2.05) is 6.92 Å². The van der Waals surface area contributed by atoms with E-state index in [0.717, 1.165) is 11.6 Å². The van der Waals surface area contributed by atoms with Crippen molar-refractivity contribution in [1.82, 2.24) is 0 Å². The van der Waals surface area contributed by atoms with Gasteiger partial charge in [0.2, 0.25) is 0 Å². The summed E-state index contributed by atoms with van der Waals surface area (Å²) in [5.41, 5.74) is 0.879. The number of fused-ring (bicyclic) bond motifs is 1. The summed E-state index contributed by atoms with van der Waals surface area (Å²) in [5, 5.41) is 0.323. The Morgan fingerprint density at radius 3 is 2.04 bits per heavy atom. The fraction of sp³-hybridized carbons (Fsp3) is 0.0588. The van der Waals surface area contributed by atoms with E-state index in [-0.39, 0.29) is 16.0 Å². The van der Waals surface area contributed by atoms with Gasteiger partial charge in [0, 0.05) is 5.39 Å². The second-order valence-electron chi connectivity index (χ2n) is 5.42. The highest BCUT2D eigenvalue weighted by molar-refractivity contribution is 7.87. The Balaban J connectivity index is 2.18. The van der Waals surface area contributed by atoms with Gasteiger partial charge in [-0.25, -0.2) is 8.42 Å². The lowest BCUT2D eigenvalue weighted by molar-refractivity contribution is 0.462. The molecule has 3 aromatic rings. The van der Waals surface area contributed by atoms with Crippen molar-refractivity contribution >= 4 is 31.0 Å². The molecule has 0 aliphatic rings.